The molecule has 0 aromatic heterocycles. The van der Waals surface area contributed by atoms with Gasteiger partial charge in [-0.2, -0.15) is 0 Å². The van der Waals surface area contributed by atoms with Gasteiger partial charge in [0.15, 0.2) is 0 Å². The summed E-state index contributed by atoms with van der Waals surface area (Å²) in [7, 11) is 1.67. The lowest BCUT2D eigenvalue weighted by molar-refractivity contribution is -0.135. The molecule has 0 spiro atoms. The Morgan fingerprint density at radius 2 is 1.51 bits per heavy atom. The largest absolute Gasteiger partial charge is 0.497 e. The predicted molar refractivity (Wildman–Crippen MR) is 135 cm³/mol. The van der Waals surface area contributed by atoms with E-state index in [1.54, 1.807) is 7.11 Å². The van der Waals surface area contributed by atoms with Crippen molar-refractivity contribution in [3.63, 3.8) is 0 Å². The number of hydrogen-bond acceptors (Lipinski definition) is 4. The van der Waals surface area contributed by atoms with Gasteiger partial charge in [-0.1, -0.05) is 42.5 Å². The fourth-order valence-corrected chi connectivity index (χ4v) is 5.92. The highest BCUT2D eigenvalue weighted by Crippen LogP contribution is 2.46. The molecule has 3 aromatic rings. The fraction of sp³-hybridized carbons (Fsp3) is 0.310. The van der Waals surface area contributed by atoms with Crippen molar-refractivity contribution in [2.75, 3.05) is 44.7 Å². The number of fused-ring (bicyclic) bond motifs is 4. The number of nitrogens with zero attached hydrogens (tertiary/aromatic N) is 3. The van der Waals surface area contributed by atoms with Crippen molar-refractivity contribution in [3.8, 4) is 5.75 Å². The van der Waals surface area contributed by atoms with Crippen LogP contribution in [0.4, 0.5) is 5.69 Å². The zero-order valence-corrected chi connectivity index (χ0v) is 19.9. The number of anilines is 1. The summed E-state index contributed by atoms with van der Waals surface area (Å²) in [4.78, 5) is 33.8. The molecule has 0 saturated carbocycles. The third-order valence-corrected chi connectivity index (χ3v) is 7.73. The zero-order chi connectivity index (χ0) is 23.9. The molecule has 0 unspecified atom stereocenters. The molecule has 6 nitrogen and oxygen atoms in total. The Bertz CT molecular complexity index is 1260. The Kier molecular flexibility index (Phi) is 5.44. The molecule has 2 atom stereocenters. The Morgan fingerprint density at radius 3 is 2.26 bits per heavy atom. The first kappa shape index (κ1) is 21.7. The number of hydrogen-bond donors (Lipinski definition) is 0. The number of amides is 2. The van der Waals surface area contributed by atoms with Crippen LogP contribution in [0.2, 0.25) is 0 Å². The maximum Gasteiger partial charge on any atom is 0.254 e. The molecule has 0 radical (unpaired) electrons. The molecular formula is C29H29N3O3. The summed E-state index contributed by atoms with van der Waals surface area (Å²) in [6.07, 6.45) is 0.821. The van der Waals surface area contributed by atoms with E-state index in [9.17, 15) is 9.59 Å². The van der Waals surface area contributed by atoms with Gasteiger partial charge in [0.25, 0.3) is 5.91 Å². The molecular weight excluding hydrogens is 438 g/mol. The van der Waals surface area contributed by atoms with E-state index in [1.807, 2.05) is 58.3 Å². The van der Waals surface area contributed by atoms with Gasteiger partial charge in [-0.3, -0.25) is 9.59 Å². The molecule has 3 aliphatic heterocycles. The minimum atomic E-state index is -0.391. The van der Waals surface area contributed by atoms with Crippen LogP contribution < -0.4 is 9.64 Å². The molecule has 0 N–H and O–H groups in total. The number of rotatable bonds is 3. The van der Waals surface area contributed by atoms with Gasteiger partial charge in [0.05, 0.1) is 19.1 Å². The Balaban J connectivity index is 1.30. The maximum absolute atomic E-state index is 14.2. The summed E-state index contributed by atoms with van der Waals surface area (Å²) in [5.74, 6) is 0.600. The standard InChI is InChI=1S/C29H29N3O3/c1-35-22-12-10-21(11-13-22)30-16-18-31(19-17-30)29(34)26-24-8-4-5-9-25(24)28(33)32-15-14-20-6-2-3-7-23(20)27(26)32/h2-13,26-27H,14-19H2,1H3/t26-,27-/m0/s1. The highest BCUT2D eigenvalue weighted by molar-refractivity contribution is 6.01. The van der Waals surface area contributed by atoms with Crippen LogP contribution in [-0.4, -0.2) is 61.4 Å². The van der Waals surface area contributed by atoms with Gasteiger partial charge in [-0.15, -0.1) is 0 Å². The van der Waals surface area contributed by atoms with Gasteiger partial charge in [-0.05, 0) is 53.4 Å². The molecule has 35 heavy (non-hydrogen) atoms. The van der Waals surface area contributed by atoms with Crippen molar-refractivity contribution < 1.29 is 14.3 Å². The highest BCUT2D eigenvalue weighted by atomic mass is 16.5. The molecule has 3 aliphatic rings. The zero-order valence-electron chi connectivity index (χ0n) is 19.9. The average Bonchev–Trinajstić information content (AvgIpc) is 2.93. The molecule has 6 rings (SSSR count). The van der Waals surface area contributed by atoms with Gasteiger partial charge in [0.1, 0.15) is 5.75 Å². The van der Waals surface area contributed by atoms with Crippen LogP contribution >= 0.6 is 0 Å². The smallest absolute Gasteiger partial charge is 0.254 e. The molecule has 3 aromatic carbocycles. The van der Waals surface area contributed by atoms with E-state index in [-0.39, 0.29) is 17.9 Å². The van der Waals surface area contributed by atoms with Crippen LogP contribution in [0.25, 0.3) is 0 Å². The molecule has 0 aliphatic carbocycles. The van der Waals surface area contributed by atoms with Crippen molar-refractivity contribution in [3.05, 3.63) is 95.1 Å². The van der Waals surface area contributed by atoms with E-state index in [1.165, 1.54) is 5.56 Å². The lowest BCUT2D eigenvalue weighted by atomic mass is 9.75. The summed E-state index contributed by atoms with van der Waals surface area (Å²) in [6.45, 7) is 3.51. The van der Waals surface area contributed by atoms with Crippen LogP contribution in [0.1, 0.15) is 39.0 Å². The van der Waals surface area contributed by atoms with Crippen molar-refractivity contribution in [2.24, 2.45) is 0 Å². The van der Waals surface area contributed by atoms with Crippen LogP contribution in [0.15, 0.2) is 72.8 Å². The van der Waals surface area contributed by atoms with Gasteiger partial charge >= 0.3 is 0 Å². The van der Waals surface area contributed by atoms with Gasteiger partial charge in [-0.25, -0.2) is 0 Å². The minimum Gasteiger partial charge on any atom is -0.497 e. The first-order chi connectivity index (χ1) is 17.2. The van der Waals surface area contributed by atoms with Gasteiger partial charge in [0.2, 0.25) is 5.91 Å². The molecule has 2 amide bonds. The Labute approximate surface area is 205 Å². The van der Waals surface area contributed by atoms with E-state index in [0.29, 0.717) is 25.2 Å². The Hall–Kier alpha value is -3.80. The fourth-order valence-electron chi connectivity index (χ4n) is 5.92. The average molecular weight is 468 g/mol. The van der Waals surface area contributed by atoms with Gasteiger partial charge < -0.3 is 19.4 Å². The SMILES string of the molecule is COc1ccc(N2CCN(C(=O)[C@H]3c4ccccc4C(=O)N4CCc5ccccc5[C@@H]34)CC2)cc1. The van der Waals surface area contributed by atoms with Crippen molar-refractivity contribution in [2.45, 2.75) is 18.4 Å². The number of methoxy groups -OCH3 is 1. The quantitative estimate of drug-likeness (QED) is 0.587. The van der Waals surface area contributed by atoms with Crippen molar-refractivity contribution >= 4 is 17.5 Å². The van der Waals surface area contributed by atoms with Gasteiger partial charge in [0, 0.05) is 44.0 Å². The maximum atomic E-state index is 14.2. The van der Waals surface area contributed by atoms with Crippen molar-refractivity contribution in [1.29, 1.82) is 0 Å². The predicted octanol–water partition coefficient (Wildman–Crippen LogP) is 3.88. The second-order valence-corrected chi connectivity index (χ2v) is 9.47. The number of benzene rings is 3. The summed E-state index contributed by atoms with van der Waals surface area (Å²) >= 11 is 0. The van der Waals surface area contributed by atoms with E-state index >= 15 is 0 Å². The second kappa shape index (κ2) is 8.77. The third kappa shape index (κ3) is 3.64. The lowest BCUT2D eigenvalue weighted by Gasteiger charge is -2.47. The summed E-state index contributed by atoms with van der Waals surface area (Å²) in [5, 5.41) is 0. The molecule has 178 valence electrons. The van der Waals surface area contributed by atoms with E-state index in [4.69, 9.17) is 4.74 Å². The van der Waals surface area contributed by atoms with Crippen LogP contribution in [0.3, 0.4) is 0 Å². The number of ether oxygens (including phenoxy) is 1. The number of carbonyl (C=O) groups excluding carboxylic acids is 2. The van der Waals surface area contributed by atoms with Crippen molar-refractivity contribution in [1.82, 2.24) is 9.80 Å². The molecule has 3 heterocycles. The lowest BCUT2D eigenvalue weighted by Crippen LogP contribution is -2.54. The minimum absolute atomic E-state index is 0.0356. The Morgan fingerprint density at radius 1 is 0.829 bits per heavy atom. The van der Waals surface area contributed by atoms with Crippen LogP contribution in [0, 0.1) is 0 Å². The first-order valence-electron chi connectivity index (χ1n) is 12.3. The van der Waals surface area contributed by atoms with E-state index in [2.05, 4.69) is 29.2 Å². The molecule has 6 heteroatoms. The summed E-state index contributed by atoms with van der Waals surface area (Å²) in [6, 6.07) is 23.8. The monoisotopic (exact) mass is 467 g/mol. The van der Waals surface area contributed by atoms with E-state index in [0.717, 1.165) is 42.1 Å². The normalized spacial score (nSPS) is 21.2. The first-order valence-corrected chi connectivity index (χ1v) is 12.3. The molecule has 1 saturated heterocycles. The van der Waals surface area contributed by atoms with Crippen LogP contribution in [0.5, 0.6) is 5.75 Å². The summed E-state index contributed by atoms with van der Waals surface area (Å²) < 4.78 is 5.28. The third-order valence-electron chi connectivity index (χ3n) is 7.73. The van der Waals surface area contributed by atoms with E-state index < -0.39 is 5.92 Å². The number of carbonyl (C=O) groups is 2. The topological polar surface area (TPSA) is 53.1 Å². The second-order valence-electron chi connectivity index (χ2n) is 9.47. The highest BCUT2D eigenvalue weighted by Gasteiger charge is 2.47. The molecule has 0 bridgehead atoms. The number of piperazine rings is 1. The van der Waals surface area contributed by atoms with Crippen LogP contribution in [-0.2, 0) is 11.2 Å². The molecule has 1 fully saturated rings. The summed E-state index contributed by atoms with van der Waals surface area (Å²) in [5.41, 5.74) is 5.01.